The van der Waals surface area contributed by atoms with Crippen molar-refractivity contribution in [3.8, 4) is 0 Å². The Labute approximate surface area is 123 Å². The molecule has 0 heterocycles. The van der Waals surface area contributed by atoms with Crippen molar-refractivity contribution in [2.75, 3.05) is 0 Å². The van der Waals surface area contributed by atoms with Crippen molar-refractivity contribution >= 4 is 15.9 Å². The van der Waals surface area contributed by atoms with Crippen molar-refractivity contribution in [2.24, 2.45) is 0 Å². The molecule has 1 N–H and O–H groups in total. The predicted octanol–water partition coefficient (Wildman–Crippen LogP) is 4.55. The zero-order chi connectivity index (χ0) is 13.7. The summed E-state index contributed by atoms with van der Waals surface area (Å²) in [6.07, 6.45) is 1.29. The standard InChI is InChI=1S/C17H19BrO/c1-2-16(14-8-4-3-5-9-14)17(19)12-13-7-6-10-15(18)11-13/h3-11,16-17,19H,2,12H2,1H3. The number of halogens is 1. The van der Waals surface area contributed by atoms with Gasteiger partial charge in [-0.05, 0) is 36.1 Å². The first-order chi connectivity index (χ1) is 9.20. The Balaban J connectivity index is 2.11. The van der Waals surface area contributed by atoms with E-state index in [1.807, 2.05) is 30.3 Å². The van der Waals surface area contributed by atoms with Gasteiger partial charge < -0.3 is 5.11 Å². The molecule has 0 spiro atoms. The highest BCUT2D eigenvalue weighted by atomic mass is 79.9. The van der Waals surface area contributed by atoms with E-state index in [0.717, 1.165) is 16.5 Å². The molecule has 2 rings (SSSR count). The first-order valence-corrected chi connectivity index (χ1v) is 7.47. The highest BCUT2D eigenvalue weighted by Gasteiger charge is 2.19. The zero-order valence-corrected chi connectivity index (χ0v) is 12.7. The number of aliphatic hydroxyl groups excluding tert-OH is 1. The molecule has 100 valence electrons. The second-order valence-corrected chi connectivity index (χ2v) is 5.74. The minimum absolute atomic E-state index is 0.195. The molecule has 0 aliphatic heterocycles. The first kappa shape index (κ1) is 14.3. The van der Waals surface area contributed by atoms with Crippen LogP contribution in [0.25, 0.3) is 0 Å². The smallest absolute Gasteiger partial charge is 0.0648 e. The van der Waals surface area contributed by atoms with Crippen LogP contribution in [0.3, 0.4) is 0 Å². The number of hydrogen-bond donors (Lipinski definition) is 1. The molecule has 0 bridgehead atoms. The third kappa shape index (κ3) is 3.92. The van der Waals surface area contributed by atoms with Gasteiger partial charge in [0.2, 0.25) is 0 Å². The second kappa shape index (κ2) is 6.88. The van der Waals surface area contributed by atoms with E-state index in [1.54, 1.807) is 0 Å². The van der Waals surface area contributed by atoms with Crippen LogP contribution in [-0.2, 0) is 6.42 Å². The summed E-state index contributed by atoms with van der Waals surface area (Å²) in [4.78, 5) is 0. The molecule has 0 aliphatic rings. The highest BCUT2D eigenvalue weighted by Crippen LogP contribution is 2.26. The number of benzene rings is 2. The van der Waals surface area contributed by atoms with E-state index in [9.17, 15) is 5.11 Å². The van der Waals surface area contributed by atoms with E-state index in [2.05, 4.69) is 47.1 Å². The molecule has 0 aromatic heterocycles. The molecule has 2 heteroatoms. The van der Waals surface area contributed by atoms with Crippen molar-refractivity contribution in [1.82, 2.24) is 0 Å². The SMILES string of the molecule is CCC(c1ccccc1)C(O)Cc1cccc(Br)c1. The average Bonchev–Trinajstić information content (AvgIpc) is 2.41. The quantitative estimate of drug-likeness (QED) is 0.857. The van der Waals surface area contributed by atoms with Crippen LogP contribution in [0.5, 0.6) is 0 Å². The Kier molecular flexibility index (Phi) is 5.17. The van der Waals surface area contributed by atoms with Gasteiger partial charge in [0.1, 0.15) is 0 Å². The third-order valence-electron chi connectivity index (χ3n) is 3.47. The van der Waals surface area contributed by atoms with Gasteiger partial charge in [-0.2, -0.15) is 0 Å². The monoisotopic (exact) mass is 318 g/mol. The fourth-order valence-corrected chi connectivity index (χ4v) is 2.92. The lowest BCUT2D eigenvalue weighted by molar-refractivity contribution is 0.141. The van der Waals surface area contributed by atoms with E-state index in [0.29, 0.717) is 6.42 Å². The van der Waals surface area contributed by atoms with Crippen LogP contribution in [0.1, 0.15) is 30.4 Å². The molecule has 0 radical (unpaired) electrons. The Morgan fingerprint density at radius 1 is 1.05 bits per heavy atom. The summed E-state index contributed by atoms with van der Waals surface area (Å²) in [5.74, 6) is 0.195. The topological polar surface area (TPSA) is 20.2 Å². The summed E-state index contributed by atoms with van der Waals surface area (Å²) in [5.41, 5.74) is 2.38. The summed E-state index contributed by atoms with van der Waals surface area (Å²) < 4.78 is 1.06. The van der Waals surface area contributed by atoms with Crippen LogP contribution >= 0.6 is 15.9 Å². The van der Waals surface area contributed by atoms with E-state index < -0.39 is 0 Å². The van der Waals surface area contributed by atoms with Crippen LogP contribution in [0, 0.1) is 0 Å². The highest BCUT2D eigenvalue weighted by molar-refractivity contribution is 9.10. The van der Waals surface area contributed by atoms with Gasteiger partial charge in [0, 0.05) is 10.4 Å². The lowest BCUT2D eigenvalue weighted by Gasteiger charge is -2.22. The molecule has 2 unspecified atom stereocenters. The van der Waals surface area contributed by atoms with E-state index in [-0.39, 0.29) is 12.0 Å². The van der Waals surface area contributed by atoms with E-state index >= 15 is 0 Å². The van der Waals surface area contributed by atoms with E-state index in [1.165, 1.54) is 5.56 Å². The summed E-state index contributed by atoms with van der Waals surface area (Å²) in [7, 11) is 0. The minimum Gasteiger partial charge on any atom is -0.392 e. The minimum atomic E-state index is -0.346. The number of aliphatic hydroxyl groups is 1. The van der Waals surface area contributed by atoms with Crippen LogP contribution in [-0.4, -0.2) is 11.2 Å². The molecule has 1 nitrogen and oxygen atoms in total. The van der Waals surface area contributed by atoms with Gasteiger partial charge in [0.05, 0.1) is 6.10 Å². The average molecular weight is 319 g/mol. The molecule has 2 atom stereocenters. The number of hydrogen-bond acceptors (Lipinski definition) is 1. The second-order valence-electron chi connectivity index (χ2n) is 4.83. The van der Waals surface area contributed by atoms with Gasteiger partial charge in [-0.3, -0.25) is 0 Å². The van der Waals surface area contributed by atoms with Crippen molar-refractivity contribution < 1.29 is 5.11 Å². The zero-order valence-electron chi connectivity index (χ0n) is 11.1. The molecule has 2 aromatic carbocycles. The lowest BCUT2D eigenvalue weighted by Crippen LogP contribution is -2.20. The maximum Gasteiger partial charge on any atom is 0.0648 e. The predicted molar refractivity (Wildman–Crippen MR) is 83.3 cm³/mol. The Bertz CT molecular complexity index is 510. The van der Waals surface area contributed by atoms with Gasteiger partial charge in [0.25, 0.3) is 0 Å². The van der Waals surface area contributed by atoms with Gasteiger partial charge in [-0.15, -0.1) is 0 Å². The van der Waals surface area contributed by atoms with Crippen LogP contribution < -0.4 is 0 Å². The molecular weight excluding hydrogens is 300 g/mol. The van der Waals surface area contributed by atoms with Crippen molar-refractivity contribution in [3.63, 3.8) is 0 Å². The molecule has 19 heavy (non-hydrogen) atoms. The maximum atomic E-state index is 10.5. The molecular formula is C17H19BrO. The normalized spacial score (nSPS) is 14.1. The van der Waals surface area contributed by atoms with Gasteiger partial charge >= 0.3 is 0 Å². The maximum absolute atomic E-state index is 10.5. The van der Waals surface area contributed by atoms with Crippen molar-refractivity contribution in [1.29, 1.82) is 0 Å². The van der Waals surface area contributed by atoms with Crippen LogP contribution in [0.2, 0.25) is 0 Å². The van der Waals surface area contributed by atoms with Gasteiger partial charge in [-0.25, -0.2) is 0 Å². The fraction of sp³-hybridized carbons (Fsp3) is 0.294. The molecule has 0 saturated carbocycles. The lowest BCUT2D eigenvalue weighted by atomic mass is 9.88. The van der Waals surface area contributed by atoms with Crippen molar-refractivity contribution in [3.05, 3.63) is 70.2 Å². The summed E-state index contributed by atoms with van der Waals surface area (Å²) >= 11 is 3.47. The van der Waals surface area contributed by atoms with Crippen LogP contribution in [0.15, 0.2) is 59.1 Å². The molecule has 0 amide bonds. The molecule has 2 aromatic rings. The summed E-state index contributed by atoms with van der Waals surface area (Å²) in [5, 5.41) is 10.5. The Hall–Kier alpha value is -1.12. The molecule has 0 aliphatic carbocycles. The van der Waals surface area contributed by atoms with Crippen molar-refractivity contribution in [2.45, 2.75) is 31.8 Å². The Morgan fingerprint density at radius 2 is 1.79 bits per heavy atom. The molecule has 0 saturated heterocycles. The third-order valence-corrected chi connectivity index (χ3v) is 3.96. The largest absolute Gasteiger partial charge is 0.392 e. The van der Waals surface area contributed by atoms with Gasteiger partial charge in [0.15, 0.2) is 0 Å². The summed E-state index contributed by atoms with van der Waals surface area (Å²) in [6.45, 7) is 2.13. The van der Waals surface area contributed by atoms with Crippen LogP contribution in [0.4, 0.5) is 0 Å². The Morgan fingerprint density at radius 3 is 2.42 bits per heavy atom. The molecule has 0 fully saturated rings. The first-order valence-electron chi connectivity index (χ1n) is 6.68. The van der Waals surface area contributed by atoms with E-state index in [4.69, 9.17) is 0 Å². The summed E-state index contributed by atoms with van der Waals surface area (Å²) in [6, 6.07) is 18.4. The number of rotatable bonds is 5. The van der Waals surface area contributed by atoms with Gasteiger partial charge in [-0.1, -0.05) is 65.3 Å². The fourth-order valence-electron chi connectivity index (χ4n) is 2.48.